The molecule has 0 heterocycles. The van der Waals surface area contributed by atoms with Crippen molar-refractivity contribution >= 4 is 11.6 Å². The van der Waals surface area contributed by atoms with Crippen LogP contribution in [0.15, 0.2) is 29.3 Å². The second kappa shape index (κ2) is 9.46. The van der Waals surface area contributed by atoms with Gasteiger partial charge < -0.3 is 15.8 Å². The molecule has 0 aliphatic heterocycles. The molecule has 22 heavy (non-hydrogen) atoms. The number of aryl methyl sites for hydroxylation is 1. The van der Waals surface area contributed by atoms with Crippen molar-refractivity contribution in [2.45, 2.75) is 58.0 Å². The van der Waals surface area contributed by atoms with E-state index in [4.69, 9.17) is 10.5 Å². The lowest BCUT2D eigenvalue weighted by molar-refractivity contribution is 0.0487. The molecule has 1 aromatic carbocycles. The van der Waals surface area contributed by atoms with Gasteiger partial charge in [-0.2, -0.15) is 0 Å². The summed E-state index contributed by atoms with van der Waals surface area (Å²) in [6.07, 6.45) is 9.13. The molecular weight excluding hydrogens is 274 g/mol. The third kappa shape index (κ3) is 6.06. The molecule has 0 radical (unpaired) electrons. The van der Waals surface area contributed by atoms with Gasteiger partial charge in [-0.05, 0) is 37.0 Å². The Labute approximate surface area is 134 Å². The van der Waals surface area contributed by atoms with Crippen LogP contribution < -0.4 is 11.1 Å². The summed E-state index contributed by atoms with van der Waals surface area (Å²) < 4.78 is 5.91. The molecular formula is C18H29N3O. The number of hydrogen-bond acceptors (Lipinski definition) is 2. The van der Waals surface area contributed by atoms with Crippen LogP contribution in [0.4, 0.5) is 5.69 Å². The minimum absolute atomic E-state index is 0.424. The van der Waals surface area contributed by atoms with E-state index in [0.717, 1.165) is 12.1 Å². The smallest absolute Gasteiger partial charge is 0.193 e. The average molecular weight is 303 g/mol. The molecule has 1 aromatic rings. The molecule has 122 valence electrons. The first kappa shape index (κ1) is 16.8. The lowest BCUT2D eigenvalue weighted by Crippen LogP contribution is -2.24. The molecule has 1 aliphatic rings. The second-order valence-electron chi connectivity index (χ2n) is 5.93. The zero-order chi connectivity index (χ0) is 15.6. The number of aliphatic imine (C=N–C) groups is 1. The Balaban J connectivity index is 1.70. The summed E-state index contributed by atoms with van der Waals surface area (Å²) in [7, 11) is 0. The minimum atomic E-state index is 0.424. The van der Waals surface area contributed by atoms with Crippen LogP contribution in [0.2, 0.25) is 0 Å². The number of benzene rings is 1. The predicted molar refractivity (Wildman–Crippen MR) is 93.4 cm³/mol. The van der Waals surface area contributed by atoms with E-state index in [-0.39, 0.29) is 0 Å². The number of nitrogens with two attached hydrogens (primary N) is 1. The molecule has 0 aromatic heterocycles. The van der Waals surface area contributed by atoms with Gasteiger partial charge in [0.1, 0.15) is 0 Å². The fourth-order valence-corrected chi connectivity index (χ4v) is 2.85. The van der Waals surface area contributed by atoms with Gasteiger partial charge in [-0.3, -0.25) is 4.99 Å². The zero-order valence-electron chi connectivity index (χ0n) is 13.7. The third-order valence-electron chi connectivity index (χ3n) is 4.14. The maximum Gasteiger partial charge on any atom is 0.193 e. The molecule has 4 heteroatoms. The highest BCUT2D eigenvalue weighted by molar-refractivity contribution is 5.92. The number of anilines is 1. The summed E-state index contributed by atoms with van der Waals surface area (Å²) in [6, 6.07) is 8.25. The highest BCUT2D eigenvalue weighted by atomic mass is 16.5. The van der Waals surface area contributed by atoms with E-state index in [1.54, 1.807) is 0 Å². The minimum Gasteiger partial charge on any atom is -0.376 e. The third-order valence-corrected chi connectivity index (χ3v) is 4.14. The number of rotatable bonds is 6. The van der Waals surface area contributed by atoms with Crippen molar-refractivity contribution in [3.63, 3.8) is 0 Å². The van der Waals surface area contributed by atoms with E-state index in [1.165, 1.54) is 44.1 Å². The Morgan fingerprint density at radius 3 is 2.77 bits per heavy atom. The molecule has 4 nitrogen and oxygen atoms in total. The molecule has 1 saturated carbocycles. The quantitative estimate of drug-likeness (QED) is 0.364. The largest absolute Gasteiger partial charge is 0.376 e. The van der Waals surface area contributed by atoms with E-state index in [1.807, 2.05) is 12.1 Å². The summed E-state index contributed by atoms with van der Waals surface area (Å²) in [6.45, 7) is 3.41. The zero-order valence-corrected chi connectivity index (χ0v) is 13.7. The first-order valence-electron chi connectivity index (χ1n) is 8.55. The van der Waals surface area contributed by atoms with Crippen LogP contribution in [0.3, 0.4) is 0 Å². The Morgan fingerprint density at radius 1 is 1.27 bits per heavy atom. The van der Waals surface area contributed by atoms with Gasteiger partial charge in [0, 0.05) is 5.69 Å². The molecule has 0 atom stereocenters. The van der Waals surface area contributed by atoms with Crippen LogP contribution in [0.5, 0.6) is 0 Å². The molecule has 2 rings (SSSR count). The first-order valence-corrected chi connectivity index (χ1v) is 8.55. The van der Waals surface area contributed by atoms with Gasteiger partial charge >= 0.3 is 0 Å². The second-order valence-corrected chi connectivity index (χ2v) is 5.93. The van der Waals surface area contributed by atoms with Crippen molar-refractivity contribution in [3.8, 4) is 0 Å². The summed E-state index contributed by atoms with van der Waals surface area (Å²) in [5.41, 5.74) is 8.20. The fourth-order valence-electron chi connectivity index (χ4n) is 2.85. The van der Waals surface area contributed by atoms with Crippen LogP contribution >= 0.6 is 0 Å². The predicted octanol–water partition coefficient (Wildman–Crippen LogP) is 3.72. The Hall–Kier alpha value is -1.55. The topological polar surface area (TPSA) is 59.6 Å². The van der Waals surface area contributed by atoms with Crippen molar-refractivity contribution in [1.29, 1.82) is 0 Å². The van der Waals surface area contributed by atoms with Crippen molar-refractivity contribution in [2.75, 3.05) is 18.5 Å². The molecule has 0 spiro atoms. The first-order chi connectivity index (χ1) is 10.8. The fraction of sp³-hybridized carbons (Fsp3) is 0.611. The van der Waals surface area contributed by atoms with E-state index in [0.29, 0.717) is 25.2 Å². The molecule has 1 fully saturated rings. The summed E-state index contributed by atoms with van der Waals surface area (Å²) in [5, 5.41) is 3.14. The van der Waals surface area contributed by atoms with Crippen LogP contribution in [-0.4, -0.2) is 25.2 Å². The molecule has 0 saturated heterocycles. The number of ether oxygens (including phenoxy) is 1. The highest BCUT2D eigenvalue weighted by Gasteiger charge is 2.11. The molecule has 1 aliphatic carbocycles. The van der Waals surface area contributed by atoms with Gasteiger partial charge in [-0.1, -0.05) is 44.7 Å². The van der Waals surface area contributed by atoms with Crippen LogP contribution in [0, 0.1) is 0 Å². The van der Waals surface area contributed by atoms with E-state index < -0.39 is 0 Å². The Morgan fingerprint density at radius 2 is 2.05 bits per heavy atom. The maximum absolute atomic E-state index is 5.92. The monoisotopic (exact) mass is 303 g/mol. The van der Waals surface area contributed by atoms with E-state index in [9.17, 15) is 0 Å². The van der Waals surface area contributed by atoms with E-state index in [2.05, 4.69) is 29.4 Å². The number of guanidine groups is 1. The molecule has 0 unspecified atom stereocenters. The SMILES string of the molecule is CCc1cccc(NC(N)=NCCOC2CCCCCC2)c1. The average Bonchev–Trinajstić information content (AvgIpc) is 2.80. The van der Waals surface area contributed by atoms with Gasteiger partial charge in [0.2, 0.25) is 0 Å². The van der Waals surface area contributed by atoms with Crippen molar-refractivity contribution in [2.24, 2.45) is 10.7 Å². The lowest BCUT2D eigenvalue weighted by atomic mass is 10.1. The van der Waals surface area contributed by atoms with Crippen LogP contribution in [0.1, 0.15) is 51.0 Å². The Kier molecular flexibility index (Phi) is 7.23. The van der Waals surface area contributed by atoms with Gasteiger partial charge in [0.25, 0.3) is 0 Å². The van der Waals surface area contributed by atoms with Gasteiger partial charge in [0.05, 0.1) is 19.3 Å². The molecule has 0 amide bonds. The Bertz CT molecular complexity index is 465. The number of nitrogens with one attached hydrogen (secondary N) is 1. The summed E-state index contributed by atoms with van der Waals surface area (Å²) in [5.74, 6) is 0.456. The number of hydrogen-bond donors (Lipinski definition) is 2. The van der Waals surface area contributed by atoms with Gasteiger partial charge in [-0.15, -0.1) is 0 Å². The van der Waals surface area contributed by atoms with E-state index >= 15 is 0 Å². The van der Waals surface area contributed by atoms with Crippen molar-refractivity contribution < 1.29 is 4.74 Å². The van der Waals surface area contributed by atoms with Gasteiger partial charge in [0.15, 0.2) is 5.96 Å². The van der Waals surface area contributed by atoms with Crippen molar-refractivity contribution in [3.05, 3.63) is 29.8 Å². The highest BCUT2D eigenvalue weighted by Crippen LogP contribution is 2.19. The maximum atomic E-state index is 5.92. The van der Waals surface area contributed by atoms with Crippen LogP contribution in [0.25, 0.3) is 0 Å². The molecule has 3 N–H and O–H groups in total. The lowest BCUT2D eigenvalue weighted by Gasteiger charge is -2.14. The summed E-state index contributed by atoms with van der Waals surface area (Å²) in [4.78, 5) is 4.34. The normalized spacial score (nSPS) is 17.2. The van der Waals surface area contributed by atoms with Crippen LogP contribution in [-0.2, 0) is 11.2 Å². The summed E-state index contributed by atoms with van der Waals surface area (Å²) >= 11 is 0. The number of nitrogens with zero attached hydrogens (tertiary/aromatic N) is 1. The standard InChI is InChI=1S/C18H29N3O/c1-2-15-8-7-9-16(14-15)21-18(19)20-12-13-22-17-10-5-3-4-6-11-17/h7-9,14,17H,2-6,10-13H2,1H3,(H3,19,20,21). The van der Waals surface area contributed by atoms with Gasteiger partial charge in [-0.25, -0.2) is 0 Å². The van der Waals surface area contributed by atoms with Crippen molar-refractivity contribution in [1.82, 2.24) is 0 Å². The molecule has 0 bridgehead atoms.